The standard InChI is InChI=1S/C12H16S2/c1-8(2)10-7-6-9-4-3-5-11(9)12(10)14-13/h6-8,13H,3-5H2,1-2H3. The zero-order valence-electron chi connectivity index (χ0n) is 8.71. The lowest BCUT2D eigenvalue weighted by atomic mass is 9.98. The van der Waals surface area contributed by atoms with Gasteiger partial charge in [0.1, 0.15) is 0 Å². The number of benzene rings is 1. The Kier molecular flexibility index (Phi) is 3.13. The number of aryl methyl sites for hydroxylation is 1. The molecule has 2 heteroatoms. The Labute approximate surface area is 95.3 Å². The smallest absolute Gasteiger partial charge is 0.0249 e. The van der Waals surface area contributed by atoms with Gasteiger partial charge in [0.2, 0.25) is 0 Å². The van der Waals surface area contributed by atoms with Crippen molar-refractivity contribution in [1.82, 2.24) is 0 Å². The Bertz CT molecular complexity index is 342. The minimum atomic E-state index is 0.607. The van der Waals surface area contributed by atoms with Crippen LogP contribution in [0.1, 0.15) is 42.9 Å². The van der Waals surface area contributed by atoms with Gasteiger partial charge < -0.3 is 0 Å². The minimum absolute atomic E-state index is 0.607. The molecule has 0 saturated heterocycles. The summed E-state index contributed by atoms with van der Waals surface area (Å²) < 4.78 is 0. The summed E-state index contributed by atoms with van der Waals surface area (Å²) >= 11 is 4.39. The monoisotopic (exact) mass is 224 g/mol. The molecular weight excluding hydrogens is 208 g/mol. The number of hydrogen-bond acceptors (Lipinski definition) is 2. The highest BCUT2D eigenvalue weighted by Gasteiger charge is 2.18. The molecule has 1 aromatic carbocycles. The third-order valence-electron chi connectivity index (χ3n) is 2.97. The first kappa shape index (κ1) is 10.4. The molecule has 0 bridgehead atoms. The van der Waals surface area contributed by atoms with Crippen LogP contribution < -0.4 is 0 Å². The molecule has 0 amide bonds. The molecule has 0 fully saturated rings. The molecule has 0 unspecified atom stereocenters. The molecule has 0 saturated carbocycles. The predicted octanol–water partition coefficient (Wildman–Crippen LogP) is 4.24. The molecule has 0 heterocycles. The van der Waals surface area contributed by atoms with Gasteiger partial charge in [-0.25, -0.2) is 0 Å². The Morgan fingerprint density at radius 2 is 2.07 bits per heavy atom. The average molecular weight is 224 g/mol. The first-order valence-corrected chi connectivity index (χ1v) is 7.07. The van der Waals surface area contributed by atoms with Gasteiger partial charge in [0.15, 0.2) is 0 Å². The van der Waals surface area contributed by atoms with Crippen molar-refractivity contribution in [1.29, 1.82) is 0 Å². The van der Waals surface area contributed by atoms with E-state index in [0.29, 0.717) is 5.92 Å². The van der Waals surface area contributed by atoms with Crippen molar-refractivity contribution < 1.29 is 0 Å². The van der Waals surface area contributed by atoms with E-state index in [1.54, 1.807) is 21.9 Å². The van der Waals surface area contributed by atoms with Gasteiger partial charge in [-0.3, -0.25) is 0 Å². The largest absolute Gasteiger partial charge is 0.106 e. The van der Waals surface area contributed by atoms with Crippen LogP contribution in [0.4, 0.5) is 0 Å². The van der Waals surface area contributed by atoms with Crippen LogP contribution in [0.15, 0.2) is 17.0 Å². The van der Waals surface area contributed by atoms with Crippen LogP contribution in [-0.4, -0.2) is 0 Å². The predicted molar refractivity (Wildman–Crippen MR) is 67.4 cm³/mol. The normalized spacial score (nSPS) is 14.9. The van der Waals surface area contributed by atoms with E-state index in [1.165, 1.54) is 29.7 Å². The number of rotatable bonds is 2. The van der Waals surface area contributed by atoms with E-state index in [-0.39, 0.29) is 0 Å². The van der Waals surface area contributed by atoms with Crippen molar-refractivity contribution >= 4 is 22.5 Å². The zero-order valence-corrected chi connectivity index (χ0v) is 10.4. The molecule has 1 aromatic rings. The van der Waals surface area contributed by atoms with E-state index in [4.69, 9.17) is 0 Å². The summed E-state index contributed by atoms with van der Waals surface area (Å²) in [6.07, 6.45) is 3.83. The topological polar surface area (TPSA) is 0 Å². The summed E-state index contributed by atoms with van der Waals surface area (Å²) in [5.74, 6) is 0.607. The number of hydrogen-bond donors (Lipinski definition) is 1. The maximum atomic E-state index is 4.39. The SMILES string of the molecule is CC(C)c1ccc2c(c1SS)CCC2. The minimum Gasteiger partial charge on any atom is -0.106 e. The van der Waals surface area contributed by atoms with E-state index < -0.39 is 0 Å². The summed E-state index contributed by atoms with van der Waals surface area (Å²) in [6, 6.07) is 4.60. The van der Waals surface area contributed by atoms with Gasteiger partial charge in [0.05, 0.1) is 0 Å². The Balaban J connectivity index is 2.54. The van der Waals surface area contributed by atoms with Crippen molar-refractivity contribution in [2.75, 3.05) is 0 Å². The molecule has 0 aromatic heterocycles. The van der Waals surface area contributed by atoms with Crippen LogP contribution >= 0.6 is 22.5 Å². The molecule has 14 heavy (non-hydrogen) atoms. The number of fused-ring (bicyclic) bond motifs is 1. The molecule has 0 N–H and O–H groups in total. The van der Waals surface area contributed by atoms with Crippen LogP contribution in [0.3, 0.4) is 0 Å². The van der Waals surface area contributed by atoms with Gasteiger partial charge in [0.25, 0.3) is 0 Å². The summed E-state index contributed by atoms with van der Waals surface area (Å²) in [5, 5.41) is 0. The Hall–Kier alpha value is -0.0800. The first-order valence-electron chi connectivity index (χ1n) is 5.20. The fourth-order valence-corrected chi connectivity index (χ4v) is 3.61. The fourth-order valence-electron chi connectivity index (χ4n) is 2.21. The number of thiol groups is 1. The van der Waals surface area contributed by atoms with Crippen molar-refractivity contribution in [2.24, 2.45) is 0 Å². The molecule has 0 aliphatic heterocycles. The van der Waals surface area contributed by atoms with Crippen LogP contribution in [0.5, 0.6) is 0 Å². The van der Waals surface area contributed by atoms with E-state index >= 15 is 0 Å². The Morgan fingerprint density at radius 3 is 2.71 bits per heavy atom. The van der Waals surface area contributed by atoms with Crippen LogP contribution in [-0.2, 0) is 12.8 Å². The molecule has 1 aliphatic carbocycles. The highest BCUT2D eigenvalue weighted by atomic mass is 33.1. The second-order valence-electron chi connectivity index (χ2n) is 4.22. The average Bonchev–Trinajstić information content (AvgIpc) is 2.63. The van der Waals surface area contributed by atoms with Gasteiger partial charge in [-0.2, -0.15) is 0 Å². The molecule has 0 spiro atoms. The molecule has 0 nitrogen and oxygen atoms in total. The molecular formula is C12H16S2. The maximum Gasteiger partial charge on any atom is 0.0249 e. The quantitative estimate of drug-likeness (QED) is 0.579. The second-order valence-corrected chi connectivity index (χ2v) is 5.36. The zero-order chi connectivity index (χ0) is 10.1. The van der Waals surface area contributed by atoms with E-state index in [2.05, 4.69) is 37.6 Å². The van der Waals surface area contributed by atoms with E-state index in [0.717, 1.165) is 0 Å². The molecule has 76 valence electrons. The van der Waals surface area contributed by atoms with Crippen LogP contribution in [0, 0.1) is 0 Å². The van der Waals surface area contributed by atoms with Crippen molar-refractivity contribution in [2.45, 2.75) is 43.9 Å². The lowest BCUT2D eigenvalue weighted by Gasteiger charge is -2.14. The molecule has 0 radical (unpaired) electrons. The molecule has 0 atom stereocenters. The van der Waals surface area contributed by atoms with Gasteiger partial charge in [-0.1, -0.05) is 36.8 Å². The highest BCUT2D eigenvalue weighted by molar-refractivity contribution is 8.68. The molecule has 2 rings (SSSR count). The second kappa shape index (κ2) is 4.19. The van der Waals surface area contributed by atoms with Crippen LogP contribution in [0.2, 0.25) is 0 Å². The third-order valence-corrected chi connectivity index (χ3v) is 4.19. The van der Waals surface area contributed by atoms with Crippen molar-refractivity contribution in [3.63, 3.8) is 0 Å². The summed E-state index contributed by atoms with van der Waals surface area (Å²) in [5.41, 5.74) is 4.58. The summed E-state index contributed by atoms with van der Waals surface area (Å²) in [7, 11) is 1.62. The molecule has 1 aliphatic rings. The van der Waals surface area contributed by atoms with Gasteiger partial charge >= 0.3 is 0 Å². The lowest BCUT2D eigenvalue weighted by Crippen LogP contribution is -1.95. The van der Waals surface area contributed by atoms with Gasteiger partial charge in [-0.05, 0) is 41.9 Å². The maximum absolute atomic E-state index is 4.39. The van der Waals surface area contributed by atoms with Crippen LogP contribution in [0.25, 0.3) is 0 Å². The van der Waals surface area contributed by atoms with Gasteiger partial charge in [-0.15, -0.1) is 11.7 Å². The summed E-state index contributed by atoms with van der Waals surface area (Å²) in [4.78, 5) is 1.43. The van der Waals surface area contributed by atoms with E-state index in [9.17, 15) is 0 Å². The van der Waals surface area contributed by atoms with Gasteiger partial charge in [0, 0.05) is 4.90 Å². The first-order chi connectivity index (χ1) is 6.74. The van der Waals surface area contributed by atoms with E-state index in [1.807, 2.05) is 0 Å². The lowest BCUT2D eigenvalue weighted by molar-refractivity contribution is 0.832. The third kappa shape index (κ3) is 1.70. The Morgan fingerprint density at radius 1 is 1.29 bits per heavy atom. The van der Waals surface area contributed by atoms with Crippen molar-refractivity contribution in [3.05, 3.63) is 28.8 Å². The fraction of sp³-hybridized carbons (Fsp3) is 0.500. The highest BCUT2D eigenvalue weighted by Crippen LogP contribution is 2.38. The summed E-state index contributed by atoms with van der Waals surface area (Å²) in [6.45, 7) is 4.51. The van der Waals surface area contributed by atoms with Crippen molar-refractivity contribution in [3.8, 4) is 0 Å².